The van der Waals surface area contributed by atoms with Gasteiger partial charge >= 0.3 is 5.97 Å². The molecule has 0 aromatic carbocycles. The van der Waals surface area contributed by atoms with Crippen LogP contribution in [-0.4, -0.2) is 13.1 Å². The Labute approximate surface area is 141 Å². The summed E-state index contributed by atoms with van der Waals surface area (Å²) in [6.45, 7) is 7.10. The first-order chi connectivity index (χ1) is 10.9. The van der Waals surface area contributed by atoms with Crippen molar-refractivity contribution in [3.8, 4) is 0 Å². The Morgan fingerprint density at radius 3 is 2.70 bits per heavy atom. The summed E-state index contributed by atoms with van der Waals surface area (Å²) in [6, 6.07) is 0. The number of methoxy groups -OCH3 is 1. The van der Waals surface area contributed by atoms with E-state index in [-0.39, 0.29) is 11.4 Å². The number of fused-ring (bicyclic) bond motifs is 2. The maximum absolute atomic E-state index is 12.7. The van der Waals surface area contributed by atoms with Gasteiger partial charge in [-0.2, -0.15) is 0 Å². The van der Waals surface area contributed by atoms with E-state index in [2.05, 4.69) is 26.8 Å². The van der Waals surface area contributed by atoms with Crippen LogP contribution in [0.3, 0.4) is 0 Å². The summed E-state index contributed by atoms with van der Waals surface area (Å²) < 4.78 is 5.27. The van der Waals surface area contributed by atoms with Gasteiger partial charge in [-0.25, -0.2) is 0 Å². The van der Waals surface area contributed by atoms with Gasteiger partial charge in [0.25, 0.3) is 0 Å². The third-order valence-electron chi connectivity index (χ3n) is 8.85. The summed E-state index contributed by atoms with van der Waals surface area (Å²) in [5.74, 6) is 2.11. The molecular formula is C21H32O2. The fourth-order valence-corrected chi connectivity index (χ4v) is 7.65. The summed E-state index contributed by atoms with van der Waals surface area (Å²) in [7, 11) is 1.57. The van der Waals surface area contributed by atoms with Crippen molar-refractivity contribution in [2.24, 2.45) is 34.0 Å². The van der Waals surface area contributed by atoms with Crippen molar-refractivity contribution in [3.05, 3.63) is 11.6 Å². The van der Waals surface area contributed by atoms with Gasteiger partial charge in [-0.3, -0.25) is 4.79 Å². The third-order valence-corrected chi connectivity index (χ3v) is 8.85. The second-order valence-corrected chi connectivity index (χ2v) is 9.42. The van der Waals surface area contributed by atoms with Crippen molar-refractivity contribution in [1.82, 2.24) is 0 Å². The molecule has 3 fully saturated rings. The van der Waals surface area contributed by atoms with E-state index in [0.29, 0.717) is 16.7 Å². The predicted molar refractivity (Wildman–Crippen MR) is 91.8 cm³/mol. The highest BCUT2D eigenvalue weighted by molar-refractivity contribution is 5.77. The number of hydrogen-bond acceptors (Lipinski definition) is 2. The van der Waals surface area contributed by atoms with Crippen molar-refractivity contribution in [1.29, 1.82) is 0 Å². The SMILES string of the molecule is COC(=O)[C@]1(C)CCC[C@]2(C)[C@@H]1CC[C@@H]1C=C(C)[C@H]3CC[C@]12C3. The van der Waals surface area contributed by atoms with Gasteiger partial charge in [-0.05, 0) is 87.4 Å². The number of rotatable bonds is 1. The van der Waals surface area contributed by atoms with Crippen LogP contribution in [-0.2, 0) is 9.53 Å². The Balaban J connectivity index is 1.79. The van der Waals surface area contributed by atoms with Crippen LogP contribution in [0.4, 0.5) is 0 Å². The smallest absolute Gasteiger partial charge is 0.311 e. The molecule has 4 rings (SSSR count). The minimum atomic E-state index is -0.268. The third kappa shape index (κ3) is 1.79. The molecule has 0 aliphatic heterocycles. The molecule has 4 aliphatic carbocycles. The van der Waals surface area contributed by atoms with Gasteiger partial charge < -0.3 is 4.74 Å². The molecular weight excluding hydrogens is 284 g/mol. The zero-order valence-electron chi connectivity index (χ0n) is 15.3. The number of esters is 1. The minimum Gasteiger partial charge on any atom is -0.469 e. The maximum Gasteiger partial charge on any atom is 0.311 e. The summed E-state index contributed by atoms with van der Waals surface area (Å²) in [5, 5.41) is 0. The van der Waals surface area contributed by atoms with Gasteiger partial charge in [-0.15, -0.1) is 0 Å². The fourth-order valence-electron chi connectivity index (χ4n) is 7.65. The van der Waals surface area contributed by atoms with Gasteiger partial charge in [0.2, 0.25) is 0 Å². The molecule has 3 saturated carbocycles. The lowest BCUT2D eigenvalue weighted by Gasteiger charge is -2.65. The van der Waals surface area contributed by atoms with E-state index >= 15 is 0 Å². The van der Waals surface area contributed by atoms with Crippen LogP contribution >= 0.6 is 0 Å². The van der Waals surface area contributed by atoms with E-state index in [1.807, 2.05) is 0 Å². The highest BCUT2D eigenvalue weighted by Gasteiger charge is 2.67. The van der Waals surface area contributed by atoms with Crippen molar-refractivity contribution in [2.45, 2.75) is 72.1 Å². The van der Waals surface area contributed by atoms with Crippen LogP contribution < -0.4 is 0 Å². The number of carbonyl (C=O) groups is 1. The van der Waals surface area contributed by atoms with Crippen LogP contribution in [0.25, 0.3) is 0 Å². The molecule has 0 aromatic rings. The zero-order valence-corrected chi connectivity index (χ0v) is 15.3. The van der Waals surface area contributed by atoms with Crippen LogP contribution in [0.15, 0.2) is 11.6 Å². The minimum absolute atomic E-state index is 0.0420. The van der Waals surface area contributed by atoms with Gasteiger partial charge in [0.15, 0.2) is 0 Å². The standard InChI is InChI=1S/C21H32O2/c1-14-12-16-6-7-17-19(2,18(22)23-4)9-5-10-20(17,3)21(16)11-8-15(14)13-21/h12,15-17H,5-11,13H2,1-4H3/t15-,16+,17+,19+,20+,21-/m0/s1. The van der Waals surface area contributed by atoms with Gasteiger partial charge in [0.1, 0.15) is 0 Å². The summed E-state index contributed by atoms with van der Waals surface area (Å²) in [5.41, 5.74) is 2.14. The van der Waals surface area contributed by atoms with Crippen molar-refractivity contribution < 1.29 is 9.53 Å². The molecule has 0 radical (unpaired) electrons. The molecule has 2 heteroatoms. The second-order valence-electron chi connectivity index (χ2n) is 9.42. The van der Waals surface area contributed by atoms with Crippen molar-refractivity contribution in [3.63, 3.8) is 0 Å². The fraction of sp³-hybridized carbons (Fsp3) is 0.857. The molecule has 2 bridgehead atoms. The largest absolute Gasteiger partial charge is 0.469 e. The van der Waals surface area contributed by atoms with E-state index in [0.717, 1.165) is 18.3 Å². The van der Waals surface area contributed by atoms with Crippen LogP contribution in [0.1, 0.15) is 72.1 Å². The van der Waals surface area contributed by atoms with Crippen LogP contribution in [0.5, 0.6) is 0 Å². The molecule has 0 unspecified atom stereocenters. The Morgan fingerprint density at radius 1 is 1.17 bits per heavy atom. The van der Waals surface area contributed by atoms with Gasteiger partial charge in [0.05, 0.1) is 12.5 Å². The Hall–Kier alpha value is -0.790. The lowest BCUT2D eigenvalue weighted by Crippen LogP contribution is -2.60. The average Bonchev–Trinajstić information content (AvgIpc) is 2.92. The topological polar surface area (TPSA) is 26.3 Å². The lowest BCUT2D eigenvalue weighted by molar-refractivity contribution is -0.186. The van der Waals surface area contributed by atoms with Gasteiger partial charge in [-0.1, -0.05) is 25.0 Å². The number of carbonyl (C=O) groups excluding carboxylic acids is 1. The Morgan fingerprint density at radius 2 is 1.96 bits per heavy atom. The first kappa shape index (κ1) is 15.7. The summed E-state index contributed by atoms with van der Waals surface area (Å²) in [4.78, 5) is 12.7. The molecule has 1 spiro atoms. The van der Waals surface area contributed by atoms with Gasteiger partial charge in [0, 0.05) is 0 Å². The highest BCUT2D eigenvalue weighted by Crippen LogP contribution is 2.73. The second kappa shape index (κ2) is 4.86. The number of hydrogen-bond donors (Lipinski definition) is 0. The molecule has 23 heavy (non-hydrogen) atoms. The molecule has 2 nitrogen and oxygen atoms in total. The quantitative estimate of drug-likeness (QED) is 0.495. The van der Waals surface area contributed by atoms with Crippen LogP contribution in [0.2, 0.25) is 0 Å². The molecule has 6 atom stereocenters. The molecule has 0 heterocycles. The number of ether oxygens (including phenoxy) is 1. The van der Waals surface area contributed by atoms with E-state index < -0.39 is 0 Å². The van der Waals surface area contributed by atoms with Crippen molar-refractivity contribution >= 4 is 5.97 Å². The van der Waals surface area contributed by atoms with E-state index in [1.54, 1.807) is 12.7 Å². The first-order valence-electron chi connectivity index (χ1n) is 9.64. The highest BCUT2D eigenvalue weighted by atomic mass is 16.5. The molecule has 0 aromatic heterocycles. The monoisotopic (exact) mass is 316 g/mol. The molecule has 4 aliphatic rings. The lowest BCUT2D eigenvalue weighted by atomic mass is 9.39. The van der Waals surface area contributed by atoms with E-state index in [9.17, 15) is 4.79 Å². The summed E-state index contributed by atoms with van der Waals surface area (Å²) >= 11 is 0. The molecule has 128 valence electrons. The number of allylic oxidation sites excluding steroid dienone is 2. The van der Waals surface area contributed by atoms with Crippen molar-refractivity contribution in [2.75, 3.05) is 7.11 Å². The average molecular weight is 316 g/mol. The Kier molecular flexibility index (Phi) is 3.32. The predicted octanol–water partition coefficient (Wildman–Crippen LogP) is 5.13. The molecule has 0 saturated heterocycles. The van der Waals surface area contributed by atoms with E-state index in [4.69, 9.17) is 4.74 Å². The molecule has 0 N–H and O–H groups in total. The van der Waals surface area contributed by atoms with Crippen LogP contribution in [0, 0.1) is 34.0 Å². The van der Waals surface area contributed by atoms with E-state index in [1.165, 1.54) is 44.9 Å². The zero-order chi connectivity index (χ0) is 16.5. The first-order valence-corrected chi connectivity index (χ1v) is 9.64. The maximum atomic E-state index is 12.7. The molecule has 0 amide bonds. The Bertz CT molecular complexity index is 564. The summed E-state index contributed by atoms with van der Waals surface area (Å²) in [6.07, 6.45) is 12.7. The normalized spacial score (nSPS) is 51.5.